The number of aromatic nitrogens is 1. The van der Waals surface area contributed by atoms with Gasteiger partial charge in [-0.3, -0.25) is 9.78 Å². The van der Waals surface area contributed by atoms with Crippen LogP contribution in [0.4, 0.5) is 4.39 Å². The standard InChI is InChI=1S/C26H26FN3O4S/c27-22-15-19(18-3-7-23-20(14-18)2-1-11-28-23)4-8-24(22)35(32,33)29-12-9-26(10-13-29)17-30(21-5-6-21)25(31)16-34-26/h1-4,7-8,11,14-15,21H,5-6,9-10,12-13,16-17H2. The Labute approximate surface area is 203 Å². The Morgan fingerprint density at radius 3 is 2.51 bits per heavy atom. The van der Waals surface area contributed by atoms with E-state index in [4.69, 9.17) is 4.74 Å². The molecule has 3 fully saturated rings. The number of amides is 1. The molecule has 0 N–H and O–H groups in total. The minimum Gasteiger partial charge on any atom is -0.363 e. The molecular formula is C26H26FN3O4S. The van der Waals surface area contributed by atoms with Gasteiger partial charge in [0, 0.05) is 30.7 Å². The molecule has 7 nitrogen and oxygen atoms in total. The third-order valence-corrected chi connectivity index (χ3v) is 9.32. The maximum Gasteiger partial charge on any atom is 0.248 e. The van der Waals surface area contributed by atoms with Crippen molar-refractivity contribution in [2.75, 3.05) is 26.2 Å². The van der Waals surface area contributed by atoms with E-state index < -0.39 is 21.4 Å². The lowest BCUT2D eigenvalue weighted by atomic mass is 9.90. The number of ether oxygens (including phenoxy) is 1. The molecule has 6 rings (SSSR count). The lowest BCUT2D eigenvalue weighted by molar-refractivity contribution is -0.170. The first-order valence-electron chi connectivity index (χ1n) is 11.9. The normalized spacial score (nSPS) is 21.1. The smallest absolute Gasteiger partial charge is 0.248 e. The first-order valence-corrected chi connectivity index (χ1v) is 13.4. The van der Waals surface area contributed by atoms with E-state index in [-0.39, 0.29) is 30.5 Å². The molecule has 1 saturated carbocycles. The van der Waals surface area contributed by atoms with Gasteiger partial charge in [-0.05, 0) is 67.1 Å². The number of benzene rings is 2. The van der Waals surface area contributed by atoms with Crippen LogP contribution < -0.4 is 0 Å². The van der Waals surface area contributed by atoms with Gasteiger partial charge in [-0.15, -0.1) is 0 Å². The highest BCUT2D eigenvalue weighted by Gasteiger charge is 2.47. The molecule has 2 saturated heterocycles. The van der Waals surface area contributed by atoms with Gasteiger partial charge in [0.1, 0.15) is 17.3 Å². The van der Waals surface area contributed by atoms with Crippen LogP contribution in [0.5, 0.6) is 0 Å². The van der Waals surface area contributed by atoms with Gasteiger partial charge in [0.2, 0.25) is 15.9 Å². The van der Waals surface area contributed by atoms with Crippen LogP contribution in [0.1, 0.15) is 25.7 Å². The fraction of sp³-hybridized carbons (Fsp3) is 0.385. The lowest BCUT2D eigenvalue weighted by Gasteiger charge is -2.46. The van der Waals surface area contributed by atoms with Gasteiger partial charge < -0.3 is 9.64 Å². The van der Waals surface area contributed by atoms with E-state index in [0.717, 1.165) is 29.3 Å². The second kappa shape index (κ2) is 8.36. The number of fused-ring (bicyclic) bond motifs is 1. The molecule has 2 aliphatic heterocycles. The molecule has 1 spiro atoms. The van der Waals surface area contributed by atoms with E-state index in [1.807, 2.05) is 35.2 Å². The van der Waals surface area contributed by atoms with Crippen LogP contribution in [0.25, 0.3) is 22.0 Å². The number of hydrogen-bond donors (Lipinski definition) is 0. The second-order valence-corrected chi connectivity index (χ2v) is 11.6. The van der Waals surface area contributed by atoms with Gasteiger partial charge in [0.25, 0.3) is 0 Å². The number of nitrogens with zero attached hydrogens (tertiary/aromatic N) is 3. The number of hydrogen-bond acceptors (Lipinski definition) is 5. The number of carbonyl (C=O) groups is 1. The highest BCUT2D eigenvalue weighted by Crippen LogP contribution is 2.37. The highest BCUT2D eigenvalue weighted by atomic mass is 32.2. The van der Waals surface area contributed by atoms with Crippen molar-refractivity contribution in [2.45, 2.75) is 42.2 Å². The predicted octanol–water partition coefficient (Wildman–Crippen LogP) is 3.59. The molecule has 3 heterocycles. The summed E-state index contributed by atoms with van der Waals surface area (Å²) in [5.41, 5.74) is 1.71. The van der Waals surface area contributed by atoms with Gasteiger partial charge >= 0.3 is 0 Å². The monoisotopic (exact) mass is 495 g/mol. The Morgan fingerprint density at radius 1 is 1.03 bits per heavy atom. The molecule has 0 bridgehead atoms. The van der Waals surface area contributed by atoms with E-state index in [1.165, 1.54) is 16.4 Å². The number of piperidine rings is 1. The van der Waals surface area contributed by atoms with E-state index in [2.05, 4.69) is 4.98 Å². The van der Waals surface area contributed by atoms with Crippen molar-refractivity contribution < 1.29 is 22.3 Å². The molecule has 3 aliphatic rings. The largest absolute Gasteiger partial charge is 0.363 e. The predicted molar refractivity (Wildman–Crippen MR) is 129 cm³/mol. The number of carbonyl (C=O) groups excluding carboxylic acids is 1. The molecule has 1 aromatic heterocycles. The minimum absolute atomic E-state index is 0.0120. The quantitative estimate of drug-likeness (QED) is 0.553. The topological polar surface area (TPSA) is 79.8 Å². The van der Waals surface area contributed by atoms with Crippen LogP contribution in [0.2, 0.25) is 0 Å². The number of sulfonamides is 1. The van der Waals surface area contributed by atoms with Crippen LogP contribution in [-0.4, -0.2) is 66.4 Å². The zero-order valence-electron chi connectivity index (χ0n) is 19.2. The fourth-order valence-corrected chi connectivity index (χ4v) is 6.67. The summed E-state index contributed by atoms with van der Waals surface area (Å²) in [6.45, 7) is 1.01. The molecular weight excluding hydrogens is 469 g/mol. The summed E-state index contributed by atoms with van der Waals surface area (Å²) in [5.74, 6) is -0.758. The molecule has 1 aliphatic carbocycles. The molecule has 9 heteroatoms. The Kier molecular flexibility index (Phi) is 5.39. The maximum atomic E-state index is 15.2. The SMILES string of the molecule is O=C1COC2(CCN(S(=O)(=O)c3ccc(-c4ccc5ncccc5c4)cc3F)CC2)CN1C1CC1. The zero-order chi connectivity index (χ0) is 24.2. The van der Waals surface area contributed by atoms with Crippen molar-refractivity contribution >= 4 is 26.8 Å². The molecule has 0 unspecified atom stereocenters. The number of rotatable bonds is 4. The molecule has 35 heavy (non-hydrogen) atoms. The van der Waals surface area contributed by atoms with Crippen molar-refractivity contribution in [3.05, 3.63) is 60.5 Å². The average Bonchev–Trinajstić information content (AvgIpc) is 3.71. The van der Waals surface area contributed by atoms with Gasteiger partial charge in [0.05, 0.1) is 17.7 Å². The summed E-state index contributed by atoms with van der Waals surface area (Å²) in [5, 5.41) is 0.927. The Morgan fingerprint density at radius 2 is 1.77 bits per heavy atom. The molecule has 3 aromatic rings. The lowest BCUT2D eigenvalue weighted by Crippen LogP contribution is -2.59. The van der Waals surface area contributed by atoms with Crippen LogP contribution in [0.15, 0.2) is 59.6 Å². The molecule has 1 amide bonds. The van der Waals surface area contributed by atoms with Crippen molar-refractivity contribution in [2.24, 2.45) is 0 Å². The molecule has 182 valence electrons. The third-order valence-electron chi connectivity index (χ3n) is 7.39. The van der Waals surface area contributed by atoms with Crippen molar-refractivity contribution in [1.29, 1.82) is 0 Å². The zero-order valence-corrected chi connectivity index (χ0v) is 20.0. The minimum atomic E-state index is -4.00. The number of halogens is 1. The maximum absolute atomic E-state index is 15.2. The summed E-state index contributed by atoms with van der Waals surface area (Å²) in [7, 11) is -4.00. The van der Waals surface area contributed by atoms with Crippen LogP contribution in [0, 0.1) is 5.82 Å². The molecule has 0 atom stereocenters. The van der Waals surface area contributed by atoms with Gasteiger partial charge in [-0.1, -0.05) is 18.2 Å². The van der Waals surface area contributed by atoms with Crippen molar-refractivity contribution in [1.82, 2.24) is 14.2 Å². The van der Waals surface area contributed by atoms with Crippen LogP contribution >= 0.6 is 0 Å². The third kappa shape index (κ3) is 4.11. The Hall–Kier alpha value is -2.88. The van der Waals surface area contributed by atoms with E-state index in [1.54, 1.807) is 12.3 Å². The van der Waals surface area contributed by atoms with E-state index in [0.29, 0.717) is 31.0 Å². The number of pyridine rings is 1. The van der Waals surface area contributed by atoms with Crippen LogP contribution in [0.3, 0.4) is 0 Å². The Bertz CT molecular complexity index is 1420. The molecule has 0 radical (unpaired) electrons. The molecule has 2 aromatic carbocycles. The summed E-state index contributed by atoms with van der Waals surface area (Å²) in [4.78, 5) is 18.1. The first kappa shape index (κ1) is 22.6. The van der Waals surface area contributed by atoms with Crippen LogP contribution in [-0.2, 0) is 19.6 Å². The van der Waals surface area contributed by atoms with Crippen molar-refractivity contribution in [3.63, 3.8) is 0 Å². The Balaban J connectivity index is 1.20. The van der Waals surface area contributed by atoms with Gasteiger partial charge in [-0.2, -0.15) is 4.31 Å². The van der Waals surface area contributed by atoms with E-state index in [9.17, 15) is 13.2 Å². The summed E-state index contributed by atoms with van der Waals surface area (Å²) >= 11 is 0. The first-order chi connectivity index (χ1) is 16.8. The van der Waals surface area contributed by atoms with Gasteiger partial charge in [-0.25, -0.2) is 12.8 Å². The average molecular weight is 496 g/mol. The van der Waals surface area contributed by atoms with Gasteiger partial charge in [0.15, 0.2) is 0 Å². The summed E-state index contributed by atoms with van der Waals surface area (Å²) < 4.78 is 49.0. The number of morpholine rings is 1. The van der Waals surface area contributed by atoms with E-state index >= 15 is 4.39 Å². The summed E-state index contributed by atoms with van der Waals surface area (Å²) in [6.07, 6.45) is 4.72. The summed E-state index contributed by atoms with van der Waals surface area (Å²) in [6, 6.07) is 14.0. The second-order valence-electron chi connectivity index (χ2n) is 9.68. The highest BCUT2D eigenvalue weighted by molar-refractivity contribution is 7.89. The fourth-order valence-electron chi connectivity index (χ4n) is 5.18. The van der Waals surface area contributed by atoms with Crippen molar-refractivity contribution in [3.8, 4) is 11.1 Å².